The van der Waals surface area contributed by atoms with E-state index in [1.54, 1.807) is 6.92 Å². The van der Waals surface area contributed by atoms with Crippen LogP contribution in [0.25, 0.3) is 0 Å². The topological polar surface area (TPSA) is 131 Å². The van der Waals surface area contributed by atoms with E-state index in [4.69, 9.17) is 9.15 Å². The second-order valence-corrected chi connectivity index (χ2v) is 9.36. The van der Waals surface area contributed by atoms with E-state index in [0.717, 1.165) is 0 Å². The molecule has 164 valence electrons. The van der Waals surface area contributed by atoms with E-state index in [1.165, 1.54) is 6.26 Å². The molecule has 1 aromatic heterocycles. The lowest BCUT2D eigenvalue weighted by molar-refractivity contribution is -0.140. The predicted octanol–water partition coefficient (Wildman–Crippen LogP) is 1.52. The van der Waals surface area contributed by atoms with Crippen LogP contribution in [0.15, 0.2) is 21.8 Å². The summed E-state index contributed by atoms with van der Waals surface area (Å²) in [5.41, 5.74) is -0.315. The van der Waals surface area contributed by atoms with Crippen molar-refractivity contribution in [3.63, 3.8) is 0 Å². The number of Topliss-reactive ketones (excluding diaryl/α,β-unsaturated/α-hetero) is 3. The van der Waals surface area contributed by atoms with Crippen LogP contribution in [-0.2, 0) is 19.7 Å². The highest BCUT2D eigenvalue weighted by atomic mass is 16.5. The Bertz CT molecular complexity index is 1080. The highest BCUT2D eigenvalue weighted by Gasteiger charge is 2.64. The molecule has 1 aliphatic heterocycles. The molecule has 5 rings (SSSR count). The molecule has 1 saturated carbocycles. The number of ether oxygens (including phenoxy) is 1. The normalized spacial score (nSPS) is 36.1. The molecule has 0 saturated heterocycles. The first-order valence-corrected chi connectivity index (χ1v) is 10.6. The van der Waals surface area contributed by atoms with Gasteiger partial charge in [-0.05, 0) is 25.3 Å². The number of fused-ring (bicyclic) bond motifs is 3. The third kappa shape index (κ3) is 2.27. The summed E-state index contributed by atoms with van der Waals surface area (Å²) in [4.78, 5) is 51.9. The highest BCUT2D eigenvalue weighted by Crippen LogP contribution is 2.62. The molecule has 8 nitrogen and oxygen atoms in total. The van der Waals surface area contributed by atoms with E-state index < -0.39 is 47.1 Å². The maximum atomic E-state index is 13.6. The van der Waals surface area contributed by atoms with Gasteiger partial charge in [-0.25, -0.2) is 4.79 Å². The second kappa shape index (κ2) is 6.46. The van der Waals surface area contributed by atoms with Crippen molar-refractivity contribution < 1.29 is 38.5 Å². The van der Waals surface area contributed by atoms with Crippen molar-refractivity contribution in [2.75, 3.05) is 13.2 Å². The molecule has 1 unspecified atom stereocenters. The zero-order valence-electron chi connectivity index (χ0n) is 17.4. The molecule has 8 heteroatoms. The van der Waals surface area contributed by atoms with Gasteiger partial charge >= 0.3 is 5.97 Å². The van der Waals surface area contributed by atoms with Crippen LogP contribution in [-0.4, -0.2) is 52.8 Å². The Kier molecular flexibility index (Phi) is 4.24. The molecule has 0 spiro atoms. The van der Waals surface area contributed by atoms with Crippen molar-refractivity contribution >= 4 is 23.3 Å². The molecule has 2 heterocycles. The van der Waals surface area contributed by atoms with Crippen LogP contribution in [0.2, 0.25) is 0 Å². The predicted molar refractivity (Wildman–Crippen MR) is 104 cm³/mol. The Labute approximate surface area is 178 Å². The largest absolute Gasteiger partial charge is 0.460 e. The number of rotatable bonds is 4. The van der Waals surface area contributed by atoms with Crippen molar-refractivity contribution in [1.82, 2.24) is 0 Å². The molecule has 4 aliphatic rings. The summed E-state index contributed by atoms with van der Waals surface area (Å²) in [5.74, 6) is -2.67. The summed E-state index contributed by atoms with van der Waals surface area (Å²) < 4.78 is 11.2. The van der Waals surface area contributed by atoms with Gasteiger partial charge in [-0.1, -0.05) is 6.92 Å². The summed E-state index contributed by atoms with van der Waals surface area (Å²) in [6, 6.07) is 0. The maximum absolute atomic E-state index is 13.6. The molecule has 5 atom stereocenters. The van der Waals surface area contributed by atoms with E-state index in [-0.39, 0.29) is 48.8 Å². The number of allylic oxidation sites excluding steroid dienone is 1. The van der Waals surface area contributed by atoms with Crippen LogP contribution >= 0.6 is 0 Å². The van der Waals surface area contributed by atoms with Gasteiger partial charge in [0.05, 0.1) is 5.41 Å². The quantitative estimate of drug-likeness (QED) is 0.690. The molecular weight excluding hydrogens is 404 g/mol. The number of carbonyl (C=O) groups excluding carboxylic acids is 4. The minimum atomic E-state index is -1.07. The Hall–Kier alpha value is -2.58. The van der Waals surface area contributed by atoms with Gasteiger partial charge in [-0.15, -0.1) is 0 Å². The monoisotopic (exact) mass is 428 g/mol. The lowest BCUT2D eigenvalue weighted by Crippen LogP contribution is -2.55. The van der Waals surface area contributed by atoms with Crippen molar-refractivity contribution in [2.45, 2.75) is 51.0 Å². The Morgan fingerprint density at radius 3 is 2.65 bits per heavy atom. The summed E-state index contributed by atoms with van der Waals surface area (Å²) in [6.07, 6.45) is 1.42. The number of aliphatic hydroxyl groups excluding tert-OH is 2. The van der Waals surface area contributed by atoms with Crippen LogP contribution in [0.5, 0.6) is 0 Å². The van der Waals surface area contributed by atoms with Crippen LogP contribution in [0.3, 0.4) is 0 Å². The Morgan fingerprint density at radius 2 is 1.97 bits per heavy atom. The smallest absolute Gasteiger partial charge is 0.342 e. The van der Waals surface area contributed by atoms with Gasteiger partial charge < -0.3 is 19.4 Å². The highest BCUT2D eigenvalue weighted by molar-refractivity contribution is 6.14. The number of hydrogen-bond acceptors (Lipinski definition) is 8. The van der Waals surface area contributed by atoms with Gasteiger partial charge in [-0.3, -0.25) is 14.4 Å². The molecule has 0 aromatic carbocycles. The SMILES string of the molecule is C[C@@]12C3=C(C(=O)c4occ(c41)C(=O)O[C@@H]2CCO)C1CCC(=O)[C@@]1(C)[C@@H](C(=O)CO)C3. The van der Waals surface area contributed by atoms with Crippen LogP contribution in [0.1, 0.15) is 66.0 Å². The number of ketones is 3. The maximum Gasteiger partial charge on any atom is 0.342 e. The van der Waals surface area contributed by atoms with Crippen molar-refractivity contribution in [3.8, 4) is 0 Å². The van der Waals surface area contributed by atoms with Gasteiger partial charge in [0.15, 0.2) is 11.5 Å². The molecule has 3 aliphatic carbocycles. The molecular formula is C23H24O8. The second-order valence-electron chi connectivity index (χ2n) is 9.36. The standard InChI is InChI=1S/C23H24O8/c1-22-11(3-4-15(22)27)17-13(7-12(22)14(26)8-25)23(2)16(5-6-24)31-21(29)10-9-30-20(18(10)23)19(17)28/h9,11-12,16,24-25H,3-8H2,1-2H3/t11?,12-,16-,22-,23+/m1/s1. The third-order valence-corrected chi connectivity index (χ3v) is 8.23. The van der Waals surface area contributed by atoms with Crippen molar-refractivity contribution in [2.24, 2.45) is 17.3 Å². The lowest BCUT2D eigenvalue weighted by Gasteiger charge is -2.52. The molecule has 2 N–H and O–H groups in total. The first-order valence-electron chi connectivity index (χ1n) is 10.6. The van der Waals surface area contributed by atoms with Gasteiger partial charge in [-0.2, -0.15) is 0 Å². The minimum Gasteiger partial charge on any atom is -0.460 e. The lowest BCUT2D eigenvalue weighted by atomic mass is 9.51. The van der Waals surface area contributed by atoms with Crippen molar-refractivity contribution in [1.29, 1.82) is 0 Å². The average molecular weight is 428 g/mol. The number of cyclic esters (lactones) is 1. The molecule has 1 aromatic rings. The van der Waals surface area contributed by atoms with Gasteiger partial charge in [0.25, 0.3) is 0 Å². The summed E-state index contributed by atoms with van der Waals surface area (Å²) in [7, 11) is 0. The fourth-order valence-corrected chi connectivity index (χ4v) is 6.60. The van der Waals surface area contributed by atoms with E-state index in [9.17, 15) is 29.4 Å². The molecule has 0 bridgehead atoms. The molecule has 0 radical (unpaired) electrons. The Morgan fingerprint density at radius 1 is 1.23 bits per heavy atom. The van der Waals surface area contributed by atoms with Gasteiger partial charge in [0.2, 0.25) is 5.78 Å². The van der Waals surface area contributed by atoms with E-state index in [1.807, 2.05) is 6.92 Å². The number of hydrogen-bond donors (Lipinski definition) is 2. The van der Waals surface area contributed by atoms with Crippen LogP contribution < -0.4 is 0 Å². The van der Waals surface area contributed by atoms with Crippen LogP contribution in [0.4, 0.5) is 0 Å². The molecule has 0 amide bonds. The number of esters is 1. The summed E-state index contributed by atoms with van der Waals surface area (Å²) >= 11 is 0. The first-order chi connectivity index (χ1) is 14.7. The molecule has 31 heavy (non-hydrogen) atoms. The molecule has 1 fully saturated rings. The average Bonchev–Trinajstić information content (AvgIpc) is 3.32. The van der Waals surface area contributed by atoms with E-state index in [0.29, 0.717) is 23.1 Å². The fraction of sp³-hybridized carbons (Fsp3) is 0.565. The van der Waals surface area contributed by atoms with E-state index in [2.05, 4.69) is 0 Å². The zero-order valence-corrected chi connectivity index (χ0v) is 17.4. The van der Waals surface area contributed by atoms with Gasteiger partial charge in [0, 0.05) is 47.8 Å². The first kappa shape index (κ1) is 20.3. The summed E-state index contributed by atoms with van der Waals surface area (Å²) in [6.45, 7) is 2.65. The summed E-state index contributed by atoms with van der Waals surface area (Å²) in [5, 5.41) is 19.3. The zero-order chi connectivity index (χ0) is 22.3. The Balaban J connectivity index is 1.80. The number of aliphatic hydroxyl groups is 2. The van der Waals surface area contributed by atoms with Crippen molar-refractivity contribution in [3.05, 3.63) is 34.3 Å². The van der Waals surface area contributed by atoms with E-state index >= 15 is 0 Å². The van der Waals surface area contributed by atoms with Crippen LogP contribution in [0, 0.1) is 17.3 Å². The number of furan rings is 1. The minimum absolute atomic E-state index is 0.0736. The number of carbonyl (C=O) groups is 4. The van der Waals surface area contributed by atoms with Gasteiger partial charge in [0.1, 0.15) is 30.3 Å². The fourth-order valence-electron chi connectivity index (χ4n) is 6.60. The third-order valence-electron chi connectivity index (χ3n) is 8.23.